The van der Waals surface area contributed by atoms with E-state index in [1.807, 2.05) is 0 Å². The summed E-state index contributed by atoms with van der Waals surface area (Å²) in [6, 6.07) is 5.21. The molecule has 4 aromatic heterocycles. The molecule has 0 aliphatic rings. The van der Waals surface area contributed by atoms with Crippen LogP contribution in [0.1, 0.15) is 42.9 Å². The van der Waals surface area contributed by atoms with E-state index in [0.717, 1.165) is 6.20 Å². The van der Waals surface area contributed by atoms with Crippen molar-refractivity contribution in [3.63, 3.8) is 0 Å². The Balaban J connectivity index is 1.75. The second-order valence-corrected chi connectivity index (χ2v) is 9.15. The van der Waals surface area contributed by atoms with Crippen LogP contribution in [0.15, 0.2) is 47.7 Å². The Hall–Kier alpha value is -3.80. The third-order valence-electron chi connectivity index (χ3n) is 5.39. The lowest BCUT2D eigenvalue weighted by molar-refractivity contribution is -0.0258. The SMILES string of the molecule is Cc1cnc(-c2ccnc(C(C)(C)O)n2)cc1-n1c(C)cc(OC(O)c2ncc(F)cc2F)c(Cl)c1=O. The van der Waals surface area contributed by atoms with Crippen molar-refractivity contribution in [1.29, 1.82) is 0 Å². The van der Waals surface area contributed by atoms with Gasteiger partial charge in [-0.2, -0.15) is 0 Å². The highest BCUT2D eigenvalue weighted by Gasteiger charge is 2.23. The van der Waals surface area contributed by atoms with E-state index in [2.05, 4.69) is 19.9 Å². The fourth-order valence-electron chi connectivity index (χ4n) is 3.54. The summed E-state index contributed by atoms with van der Waals surface area (Å²) in [6.07, 6.45) is 1.85. The highest BCUT2D eigenvalue weighted by Crippen LogP contribution is 2.29. The van der Waals surface area contributed by atoms with Crippen molar-refractivity contribution < 1.29 is 23.7 Å². The number of aliphatic hydroxyl groups is 2. The molecule has 1 atom stereocenters. The van der Waals surface area contributed by atoms with Gasteiger partial charge in [0.2, 0.25) is 6.29 Å². The van der Waals surface area contributed by atoms with Gasteiger partial charge < -0.3 is 14.9 Å². The van der Waals surface area contributed by atoms with Gasteiger partial charge in [0.1, 0.15) is 27.9 Å². The monoisotopic (exact) mass is 529 g/mol. The summed E-state index contributed by atoms with van der Waals surface area (Å²) in [7, 11) is 0. The third kappa shape index (κ3) is 5.33. The van der Waals surface area contributed by atoms with Gasteiger partial charge in [0.25, 0.3) is 5.56 Å². The molecular weight excluding hydrogens is 508 g/mol. The third-order valence-corrected chi connectivity index (χ3v) is 5.74. The molecular formula is C25H22ClF2N5O4. The molecule has 192 valence electrons. The first-order valence-electron chi connectivity index (χ1n) is 11.0. The first kappa shape index (κ1) is 26.3. The maximum Gasteiger partial charge on any atom is 0.277 e. The maximum atomic E-state index is 14.0. The van der Waals surface area contributed by atoms with E-state index in [-0.39, 0.29) is 16.6 Å². The topological polar surface area (TPSA) is 123 Å². The van der Waals surface area contributed by atoms with Crippen LogP contribution in [0, 0.1) is 25.5 Å². The van der Waals surface area contributed by atoms with Crippen LogP contribution in [-0.4, -0.2) is 34.7 Å². The first-order chi connectivity index (χ1) is 17.4. The number of ether oxygens (including phenoxy) is 1. The number of aliphatic hydroxyl groups excluding tert-OH is 1. The molecule has 0 spiro atoms. The average Bonchev–Trinajstić information content (AvgIpc) is 2.83. The van der Waals surface area contributed by atoms with Crippen LogP contribution in [0.2, 0.25) is 5.02 Å². The van der Waals surface area contributed by atoms with E-state index < -0.39 is 34.8 Å². The van der Waals surface area contributed by atoms with Gasteiger partial charge in [-0.1, -0.05) is 11.6 Å². The Morgan fingerprint density at radius 2 is 1.81 bits per heavy atom. The summed E-state index contributed by atoms with van der Waals surface area (Å²) in [5.41, 5.74) is -0.169. The highest BCUT2D eigenvalue weighted by molar-refractivity contribution is 6.31. The molecule has 0 saturated heterocycles. The molecule has 4 rings (SSSR count). The second-order valence-electron chi connectivity index (χ2n) is 8.78. The van der Waals surface area contributed by atoms with Crippen LogP contribution >= 0.6 is 11.6 Å². The van der Waals surface area contributed by atoms with Crippen molar-refractivity contribution in [3.05, 3.63) is 92.6 Å². The number of halogens is 3. The average molecular weight is 530 g/mol. The molecule has 2 N–H and O–H groups in total. The van der Waals surface area contributed by atoms with Crippen molar-refractivity contribution in [2.24, 2.45) is 0 Å². The van der Waals surface area contributed by atoms with Crippen molar-refractivity contribution in [2.45, 2.75) is 39.6 Å². The number of hydrogen-bond donors (Lipinski definition) is 2. The van der Waals surface area contributed by atoms with Crippen LogP contribution in [0.3, 0.4) is 0 Å². The maximum absolute atomic E-state index is 14.0. The molecule has 0 aromatic carbocycles. The van der Waals surface area contributed by atoms with Gasteiger partial charge in [-0.05, 0) is 45.4 Å². The van der Waals surface area contributed by atoms with Gasteiger partial charge in [0.15, 0.2) is 11.6 Å². The molecule has 0 fully saturated rings. The molecule has 4 heterocycles. The smallest absolute Gasteiger partial charge is 0.277 e. The summed E-state index contributed by atoms with van der Waals surface area (Å²) in [5.74, 6) is -2.05. The van der Waals surface area contributed by atoms with E-state index in [9.17, 15) is 23.8 Å². The molecule has 1 unspecified atom stereocenters. The lowest BCUT2D eigenvalue weighted by atomic mass is 10.1. The minimum absolute atomic E-state index is 0.206. The number of nitrogens with zero attached hydrogens (tertiary/aromatic N) is 5. The van der Waals surface area contributed by atoms with E-state index in [0.29, 0.717) is 34.4 Å². The van der Waals surface area contributed by atoms with Gasteiger partial charge in [0, 0.05) is 30.2 Å². The number of aryl methyl sites for hydroxylation is 2. The zero-order valence-electron chi connectivity index (χ0n) is 20.2. The highest BCUT2D eigenvalue weighted by atomic mass is 35.5. The molecule has 37 heavy (non-hydrogen) atoms. The van der Waals surface area contributed by atoms with Crippen molar-refractivity contribution >= 4 is 11.6 Å². The minimum Gasteiger partial charge on any atom is -0.457 e. The second kappa shape index (κ2) is 9.92. The van der Waals surface area contributed by atoms with Crippen LogP contribution in [-0.2, 0) is 5.60 Å². The van der Waals surface area contributed by atoms with Crippen molar-refractivity contribution in [3.8, 4) is 22.8 Å². The molecule has 0 saturated carbocycles. The van der Waals surface area contributed by atoms with Crippen molar-refractivity contribution in [1.82, 2.24) is 24.5 Å². The van der Waals surface area contributed by atoms with E-state index in [1.165, 1.54) is 16.8 Å². The van der Waals surface area contributed by atoms with Crippen LogP contribution in [0.4, 0.5) is 8.78 Å². The summed E-state index contributed by atoms with van der Waals surface area (Å²) in [6.45, 7) is 6.49. The van der Waals surface area contributed by atoms with Gasteiger partial charge in [-0.15, -0.1) is 0 Å². The Kier molecular flexibility index (Phi) is 7.05. The molecule has 0 radical (unpaired) electrons. The van der Waals surface area contributed by atoms with Crippen molar-refractivity contribution in [2.75, 3.05) is 0 Å². The number of pyridine rings is 3. The molecule has 0 aliphatic heterocycles. The summed E-state index contributed by atoms with van der Waals surface area (Å²) < 4.78 is 33.8. The molecule has 12 heteroatoms. The van der Waals surface area contributed by atoms with Gasteiger partial charge in [0.05, 0.1) is 23.3 Å². The lowest BCUT2D eigenvalue weighted by Crippen LogP contribution is -2.23. The summed E-state index contributed by atoms with van der Waals surface area (Å²) in [4.78, 5) is 29.7. The van der Waals surface area contributed by atoms with E-state index in [4.69, 9.17) is 16.3 Å². The fraction of sp³-hybridized carbons (Fsp3) is 0.240. The summed E-state index contributed by atoms with van der Waals surface area (Å²) >= 11 is 6.29. The largest absolute Gasteiger partial charge is 0.457 e. The molecule has 9 nitrogen and oxygen atoms in total. The zero-order chi connectivity index (χ0) is 27.1. The van der Waals surface area contributed by atoms with Crippen LogP contribution < -0.4 is 10.3 Å². The standard InChI is InChI=1S/C25H22ClF2N5O4/c1-12-10-30-17(16-5-6-29-24(32-16)25(3,4)36)9-18(12)33-13(2)7-19(20(26)22(33)34)37-23(35)21-15(28)8-14(27)11-31-21/h5-11,23,35-36H,1-4H3. The Bertz CT molecular complexity index is 1560. The fourth-order valence-corrected chi connectivity index (χ4v) is 3.72. The molecule has 0 amide bonds. The van der Waals surface area contributed by atoms with E-state index in [1.54, 1.807) is 46.0 Å². The molecule has 0 aliphatic carbocycles. The van der Waals surface area contributed by atoms with Gasteiger partial charge in [-0.25, -0.2) is 23.7 Å². The number of aromatic nitrogens is 5. The Morgan fingerprint density at radius 1 is 1.08 bits per heavy atom. The normalized spacial score (nSPS) is 12.5. The zero-order valence-corrected chi connectivity index (χ0v) is 21.0. The van der Waals surface area contributed by atoms with Crippen LogP contribution in [0.5, 0.6) is 5.75 Å². The summed E-state index contributed by atoms with van der Waals surface area (Å²) in [5, 5.41) is 20.1. The number of hydrogen-bond acceptors (Lipinski definition) is 8. The Labute approximate surface area is 215 Å². The molecule has 4 aromatic rings. The lowest BCUT2D eigenvalue weighted by Gasteiger charge is -2.19. The van der Waals surface area contributed by atoms with Gasteiger partial charge in [-0.3, -0.25) is 14.3 Å². The predicted molar refractivity (Wildman–Crippen MR) is 130 cm³/mol. The van der Waals surface area contributed by atoms with Gasteiger partial charge >= 0.3 is 0 Å². The first-order valence-corrected chi connectivity index (χ1v) is 11.4. The number of rotatable bonds is 6. The predicted octanol–water partition coefficient (Wildman–Crippen LogP) is 3.93. The van der Waals surface area contributed by atoms with Crippen LogP contribution in [0.25, 0.3) is 17.1 Å². The minimum atomic E-state index is -1.94. The molecule has 0 bridgehead atoms. The van der Waals surface area contributed by atoms with E-state index >= 15 is 0 Å². The quantitative estimate of drug-likeness (QED) is 0.360. The Morgan fingerprint density at radius 3 is 2.49 bits per heavy atom.